The van der Waals surface area contributed by atoms with Gasteiger partial charge in [-0.05, 0) is 42.1 Å². The fraction of sp³-hybridized carbons (Fsp3) is 0.118. The molecule has 0 unspecified atom stereocenters. The molecule has 2 aromatic heterocycles. The average Bonchev–Trinajstić information content (AvgIpc) is 3.23. The molecule has 0 spiro atoms. The number of carbonyl (C=O) groups excluding carboxylic acids is 1. The molecular formula is C17H12ClN2O4S-. The van der Waals surface area contributed by atoms with E-state index in [1.165, 1.54) is 6.08 Å². The van der Waals surface area contributed by atoms with Crippen molar-refractivity contribution in [3.05, 3.63) is 58.0 Å². The number of halogens is 1. The van der Waals surface area contributed by atoms with Crippen molar-refractivity contribution in [3.8, 4) is 11.3 Å². The Morgan fingerprint density at radius 3 is 2.80 bits per heavy atom. The second-order valence-electron chi connectivity index (χ2n) is 4.93. The Labute approximate surface area is 152 Å². The number of aromatic nitrogens is 2. The minimum absolute atomic E-state index is 0.0988. The van der Waals surface area contributed by atoms with Crippen LogP contribution in [0.4, 0.5) is 0 Å². The summed E-state index contributed by atoms with van der Waals surface area (Å²) in [5, 5.41) is 19.6. The third-order valence-corrected chi connectivity index (χ3v) is 4.24. The zero-order valence-corrected chi connectivity index (χ0v) is 14.6. The van der Waals surface area contributed by atoms with Gasteiger partial charge >= 0.3 is 0 Å². The molecule has 0 saturated heterocycles. The quantitative estimate of drug-likeness (QED) is 0.481. The van der Waals surface area contributed by atoms with Crippen molar-refractivity contribution >= 4 is 35.4 Å². The predicted molar refractivity (Wildman–Crippen MR) is 91.7 cm³/mol. The zero-order valence-electron chi connectivity index (χ0n) is 13.1. The van der Waals surface area contributed by atoms with Gasteiger partial charge in [0.15, 0.2) is 0 Å². The minimum atomic E-state index is -1.36. The van der Waals surface area contributed by atoms with Crippen LogP contribution in [0.5, 0.6) is 0 Å². The third kappa shape index (κ3) is 4.32. The summed E-state index contributed by atoms with van der Waals surface area (Å²) in [6, 6.07) is 10.6. The Morgan fingerprint density at radius 1 is 1.28 bits per heavy atom. The molecule has 0 N–H and O–H groups in total. The lowest BCUT2D eigenvalue weighted by Crippen LogP contribution is -2.22. The summed E-state index contributed by atoms with van der Waals surface area (Å²) in [5.41, 5.74) is 0.791. The number of carboxylic acids is 1. The number of nitrogens with zero attached hydrogens (tertiary/aromatic N) is 2. The number of benzene rings is 1. The van der Waals surface area contributed by atoms with E-state index in [1.54, 1.807) is 30.3 Å². The van der Waals surface area contributed by atoms with Gasteiger partial charge < -0.3 is 18.7 Å². The van der Waals surface area contributed by atoms with Crippen LogP contribution in [0.2, 0.25) is 5.02 Å². The van der Waals surface area contributed by atoms with Crippen molar-refractivity contribution in [2.75, 3.05) is 0 Å². The van der Waals surface area contributed by atoms with Crippen LogP contribution < -0.4 is 5.11 Å². The molecule has 8 heteroatoms. The first-order valence-corrected chi connectivity index (χ1v) is 8.53. The van der Waals surface area contributed by atoms with Gasteiger partial charge in [0.2, 0.25) is 5.89 Å². The lowest BCUT2D eigenvalue weighted by molar-refractivity contribution is -0.298. The van der Waals surface area contributed by atoms with Gasteiger partial charge in [0, 0.05) is 21.9 Å². The van der Waals surface area contributed by atoms with E-state index in [0.29, 0.717) is 28.9 Å². The molecule has 2 heterocycles. The van der Waals surface area contributed by atoms with Gasteiger partial charge in [-0.3, -0.25) is 0 Å². The molecule has 128 valence electrons. The summed E-state index contributed by atoms with van der Waals surface area (Å²) >= 11 is 6.78. The number of aliphatic carboxylic acids is 1. The first-order valence-electron chi connectivity index (χ1n) is 7.34. The Balaban J connectivity index is 1.84. The lowest BCUT2D eigenvalue weighted by atomic mass is 10.2. The molecule has 0 radical (unpaired) electrons. The van der Waals surface area contributed by atoms with Gasteiger partial charge in [-0.15, -0.1) is 10.2 Å². The van der Waals surface area contributed by atoms with Gasteiger partial charge in [0.05, 0.1) is 5.97 Å². The van der Waals surface area contributed by atoms with E-state index < -0.39 is 5.97 Å². The fourth-order valence-electron chi connectivity index (χ4n) is 2.00. The molecule has 1 aromatic carbocycles. The van der Waals surface area contributed by atoms with Gasteiger partial charge in [-0.2, -0.15) is 0 Å². The Kier molecular flexibility index (Phi) is 5.25. The average molecular weight is 376 g/mol. The van der Waals surface area contributed by atoms with E-state index in [0.717, 1.165) is 17.3 Å². The van der Waals surface area contributed by atoms with Crippen LogP contribution in [0, 0.1) is 0 Å². The number of thioether (sulfide) groups is 1. The van der Waals surface area contributed by atoms with Gasteiger partial charge in [-0.1, -0.05) is 30.7 Å². The number of rotatable bonds is 6. The summed E-state index contributed by atoms with van der Waals surface area (Å²) in [7, 11) is 0. The maximum atomic E-state index is 11.4. The van der Waals surface area contributed by atoms with Crippen molar-refractivity contribution in [2.24, 2.45) is 0 Å². The summed E-state index contributed by atoms with van der Waals surface area (Å²) in [5.74, 6) is 0.00260. The van der Waals surface area contributed by atoms with Gasteiger partial charge in [0.25, 0.3) is 5.22 Å². The van der Waals surface area contributed by atoms with Crippen LogP contribution in [0.1, 0.15) is 18.6 Å². The molecule has 0 fully saturated rings. The van der Waals surface area contributed by atoms with E-state index in [-0.39, 0.29) is 10.1 Å². The standard InChI is InChI=1S/C17H13ClN2O4S/c1-2-15-19-20-17(24-15)25-14(16(21)22)9-12-6-7-13(23-12)10-4-3-5-11(18)8-10/h3-9H,2H2,1H3,(H,21,22)/p-1/b14-9+. The van der Waals surface area contributed by atoms with Crippen molar-refractivity contribution < 1.29 is 18.7 Å². The van der Waals surface area contributed by atoms with E-state index in [9.17, 15) is 9.90 Å². The highest BCUT2D eigenvalue weighted by Gasteiger charge is 2.11. The number of carbonyl (C=O) groups is 1. The molecule has 25 heavy (non-hydrogen) atoms. The van der Waals surface area contributed by atoms with E-state index in [4.69, 9.17) is 20.4 Å². The van der Waals surface area contributed by atoms with Crippen LogP contribution in [-0.4, -0.2) is 16.2 Å². The summed E-state index contributed by atoms with van der Waals surface area (Å²) < 4.78 is 11.0. The van der Waals surface area contributed by atoms with Crippen molar-refractivity contribution in [3.63, 3.8) is 0 Å². The topological polar surface area (TPSA) is 92.2 Å². The first kappa shape index (κ1) is 17.3. The molecular weight excluding hydrogens is 364 g/mol. The first-order chi connectivity index (χ1) is 12.0. The molecule has 0 atom stereocenters. The van der Waals surface area contributed by atoms with Crippen molar-refractivity contribution in [2.45, 2.75) is 18.6 Å². The largest absolute Gasteiger partial charge is 0.544 e. The molecule has 0 bridgehead atoms. The Bertz CT molecular complexity index is 932. The van der Waals surface area contributed by atoms with E-state index >= 15 is 0 Å². The molecule has 0 aliphatic rings. The van der Waals surface area contributed by atoms with Crippen LogP contribution >= 0.6 is 23.4 Å². The third-order valence-electron chi connectivity index (χ3n) is 3.16. The second-order valence-corrected chi connectivity index (χ2v) is 6.36. The smallest absolute Gasteiger partial charge is 0.281 e. The highest BCUT2D eigenvalue weighted by molar-refractivity contribution is 8.03. The van der Waals surface area contributed by atoms with Crippen LogP contribution in [0.3, 0.4) is 0 Å². The number of furan rings is 1. The molecule has 3 aromatic rings. The molecule has 0 aliphatic heterocycles. The predicted octanol–water partition coefficient (Wildman–Crippen LogP) is 3.43. The van der Waals surface area contributed by atoms with Crippen molar-refractivity contribution in [1.82, 2.24) is 10.2 Å². The summed E-state index contributed by atoms with van der Waals surface area (Å²) in [4.78, 5) is 11.3. The van der Waals surface area contributed by atoms with E-state index in [1.807, 2.05) is 13.0 Å². The summed E-state index contributed by atoms with van der Waals surface area (Å²) in [6.45, 7) is 1.86. The molecule has 3 rings (SSSR count). The van der Waals surface area contributed by atoms with Crippen LogP contribution in [0.15, 0.2) is 55.4 Å². The summed E-state index contributed by atoms with van der Waals surface area (Å²) in [6.07, 6.45) is 1.92. The molecule has 0 amide bonds. The Morgan fingerprint density at radius 2 is 2.12 bits per heavy atom. The lowest BCUT2D eigenvalue weighted by Gasteiger charge is -2.04. The number of carboxylic acid groups (broad SMARTS) is 1. The number of aryl methyl sites for hydroxylation is 1. The highest BCUT2D eigenvalue weighted by Crippen LogP contribution is 2.30. The number of hydrogen-bond acceptors (Lipinski definition) is 7. The minimum Gasteiger partial charge on any atom is -0.544 e. The molecule has 0 saturated carbocycles. The van der Waals surface area contributed by atoms with Crippen LogP contribution in [0.25, 0.3) is 17.4 Å². The fourth-order valence-corrected chi connectivity index (χ4v) is 2.86. The second kappa shape index (κ2) is 7.58. The molecule has 0 aliphatic carbocycles. The van der Waals surface area contributed by atoms with Gasteiger partial charge in [-0.25, -0.2) is 0 Å². The number of hydrogen-bond donors (Lipinski definition) is 0. The maximum Gasteiger partial charge on any atom is 0.281 e. The normalized spacial score (nSPS) is 11.7. The zero-order chi connectivity index (χ0) is 17.8. The maximum absolute atomic E-state index is 11.4. The van der Waals surface area contributed by atoms with E-state index in [2.05, 4.69) is 10.2 Å². The van der Waals surface area contributed by atoms with Crippen molar-refractivity contribution in [1.29, 1.82) is 0 Å². The van der Waals surface area contributed by atoms with Gasteiger partial charge in [0.1, 0.15) is 11.5 Å². The Hall–Kier alpha value is -2.51. The van der Waals surface area contributed by atoms with Crippen LogP contribution in [-0.2, 0) is 11.2 Å². The monoisotopic (exact) mass is 375 g/mol. The highest BCUT2D eigenvalue weighted by atomic mass is 35.5. The molecule has 6 nitrogen and oxygen atoms in total. The SMILES string of the molecule is CCc1nnc(S/C(=C/c2ccc(-c3cccc(Cl)c3)o2)C(=O)[O-])o1.